The van der Waals surface area contributed by atoms with Gasteiger partial charge in [-0.2, -0.15) is 4.98 Å². The van der Waals surface area contributed by atoms with Gasteiger partial charge in [0.2, 0.25) is 5.91 Å². The summed E-state index contributed by atoms with van der Waals surface area (Å²) in [5.41, 5.74) is -0.432. The molecule has 0 saturated carbocycles. The van der Waals surface area contributed by atoms with E-state index in [0.29, 0.717) is 24.3 Å². The number of aromatic hydroxyl groups is 1. The lowest BCUT2D eigenvalue weighted by molar-refractivity contribution is -0.128. The van der Waals surface area contributed by atoms with Crippen molar-refractivity contribution in [3.05, 3.63) is 64.5 Å². The number of rotatable bonds is 4. The quantitative estimate of drug-likeness (QED) is 0.502. The zero-order valence-electron chi connectivity index (χ0n) is 20.1. The summed E-state index contributed by atoms with van der Waals surface area (Å²) in [6.45, 7) is 7.59. The van der Waals surface area contributed by atoms with Gasteiger partial charge in [0.05, 0.1) is 28.5 Å². The molecular formula is C26H24ClFN4O5. The van der Waals surface area contributed by atoms with Gasteiger partial charge in [-0.3, -0.25) is 9.36 Å². The molecule has 1 fully saturated rings. The Morgan fingerprint density at radius 2 is 2.05 bits per heavy atom. The van der Waals surface area contributed by atoms with Crippen molar-refractivity contribution >= 4 is 39.9 Å². The molecular weight excluding hydrogens is 503 g/mol. The highest BCUT2D eigenvalue weighted by Gasteiger charge is 2.35. The van der Waals surface area contributed by atoms with Crippen LogP contribution in [-0.2, 0) is 4.79 Å². The first-order valence-electron chi connectivity index (χ1n) is 11.6. The van der Waals surface area contributed by atoms with E-state index in [1.54, 1.807) is 11.0 Å². The lowest BCUT2D eigenvalue weighted by Crippen LogP contribution is -2.58. The molecule has 0 bridgehead atoms. The molecule has 9 nitrogen and oxygen atoms in total. The van der Waals surface area contributed by atoms with Crippen LogP contribution in [0.2, 0.25) is 5.02 Å². The minimum atomic E-state index is -0.730. The number of nitrogens with zero attached hydrogens (tertiary/aromatic N) is 4. The Kier molecular flexibility index (Phi) is 6.17. The van der Waals surface area contributed by atoms with Gasteiger partial charge in [-0.1, -0.05) is 24.2 Å². The first kappa shape index (κ1) is 24.8. The summed E-state index contributed by atoms with van der Waals surface area (Å²) in [5.74, 6) is -0.913. The predicted octanol–water partition coefficient (Wildman–Crippen LogP) is 3.36. The Morgan fingerprint density at radius 1 is 1.30 bits per heavy atom. The third-order valence-electron chi connectivity index (χ3n) is 6.78. The van der Waals surface area contributed by atoms with Crippen LogP contribution < -0.4 is 15.3 Å². The van der Waals surface area contributed by atoms with Gasteiger partial charge in [0.25, 0.3) is 0 Å². The average Bonchev–Trinajstić information content (AvgIpc) is 2.87. The van der Waals surface area contributed by atoms with Crippen molar-refractivity contribution in [2.45, 2.75) is 25.9 Å². The number of aromatic nitrogens is 2. The minimum Gasteiger partial charge on any atom is -0.507 e. The van der Waals surface area contributed by atoms with Gasteiger partial charge in [-0.15, -0.1) is 0 Å². The van der Waals surface area contributed by atoms with Gasteiger partial charge < -0.3 is 24.7 Å². The van der Waals surface area contributed by atoms with Crippen LogP contribution in [0, 0.1) is 5.82 Å². The van der Waals surface area contributed by atoms with E-state index in [4.69, 9.17) is 16.3 Å². The largest absolute Gasteiger partial charge is 0.507 e. The Balaban J connectivity index is 1.79. The molecule has 0 radical (unpaired) electrons. The van der Waals surface area contributed by atoms with Crippen LogP contribution >= 0.6 is 11.6 Å². The van der Waals surface area contributed by atoms with Crippen molar-refractivity contribution in [3.63, 3.8) is 0 Å². The van der Waals surface area contributed by atoms with Gasteiger partial charge >= 0.3 is 5.69 Å². The minimum absolute atomic E-state index is 0.0435. The fourth-order valence-electron chi connectivity index (χ4n) is 5.03. The molecule has 1 aromatic heterocycles. The number of halogens is 2. The van der Waals surface area contributed by atoms with Crippen LogP contribution in [-0.4, -0.2) is 62.4 Å². The second-order valence-electron chi connectivity index (χ2n) is 9.08. The Labute approximate surface area is 216 Å². The first-order chi connectivity index (χ1) is 17.7. The summed E-state index contributed by atoms with van der Waals surface area (Å²) in [6.07, 6.45) is 2.44. The Bertz CT molecular complexity index is 1530. The number of phenolic OH excluding ortho intramolecular Hbond substituents is 1. The van der Waals surface area contributed by atoms with Crippen LogP contribution in [0.5, 0.6) is 11.5 Å². The molecule has 2 aliphatic heterocycles. The SMILES string of the molecule is C=CC(=O)N1C[C@H](C)N(c2nc(=O)n3c4c(c(-c5c(O)cccc5F)c(Cl)cc24)OC=C3CO)C[C@H]1C. The number of carbonyl (C=O) groups excluding carboxylic acids is 1. The van der Waals surface area contributed by atoms with E-state index in [1.807, 2.05) is 18.7 Å². The molecule has 1 saturated heterocycles. The molecule has 3 aromatic rings. The molecule has 1 amide bonds. The molecule has 11 heteroatoms. The third kappa shape index (κ3) is 3.84. The molecule has 2 N–H and O–H groups in total. The van der Waals surface area contributed by atoms with E-state index < -0.39 is 18.1 Å². The maximum absolute atomic E-state index is 14.9. The van der Waals surface area contributed by atoms with E-state index >= 15 is 0 Å². The predicted molar refractivity (Wildman–Crippen MR) is 138 cm³/mol. The van der Waals surface area contributed by atoms with Crippen LogP contribution in [0.25, 0.3) is 27.7 Å². The lowest BCUT2D eigenvalue weighted by atomic mass is 9.99. The highest BCUT2D eigenvalue weighted by Crippen LogP contribution is 2.49. The highest BCUT2D eigenvalue weighted by atomic mass is 35.5. The number of ether oxygens (including phenoxy) is 1. The van der Waals surface area contributed by atoms with E-state index in [1.165, 1.54) is 35.1 Å². The van der Waals surface area contributed by atoms with Gasteiger partial charge in [-0.05, 0) is 38.1 Å². The highest BCUT2D eigenvalue weighted by molar-refractivity contribution is 6.35. The summed E-state index contributed by atoms with van der Waals surface area (Å²) in [4.78, 5) is 33.6. The molecule has 2 aliphatic rings. The zero-order chi connectivity index (χ0) is 26.6. The van der Waals surface area contributed by atoms with Gasteiger partial charge in [0.1, 0.15) is 29.2 Å². The molecule has 2 atom stereocenters. The number of phenols is 1. The van der Waals surface area contributed by atoms with Crippen LogP contribution in [0.1, 0.15) is 13.8 Å². The number of amides is 1. The van der Waals surface area contributed by atoms with E-state index in [9.17, 15) is 24.2 Å². The van der Waals surface area contributed by atoms with Crippen molar-refractivity contribution < 1.29 is 24.1 Å². The Morgan fingerprint density at radius 3 is 2.73 bits per heavy atom. The van der Waals surface area contributed by atoms with Gasteiger partial charge in [-0.25, -0.2) is 9.18 Å². The topological polar surface area (TPSA) is 108 Å². The van der Waals surface area contributed by atoms with Crippen molar-refractivity contribution in [2.24, 2.45) is 0 Å². The van der Waals surface area contributed by atoms with Crippen LogP contribution in [0.15, 0.2) is 48.0 Å². The molecule has 192 valence electrons. The smallest absolute Gasteiger partial charge is 0.354 e. The third-order valence-corrected chi connectivity index (χ3v) is 7.08. The Hall–Kier alpha value is -3.89. The number of anilines is 1. The number of aliphatic hydroxyl groups is 1. The monoisotopic (exact) mass is 526 g/mol. The summed E-state index contributed by atoms with van der Waals surface area (Å²) in [5, 5.41) is 20.9. The van der Waals surface area contributed by atoms with Crippen molar-refractivity contribution in [1.82, 2.24) is 14.5 Å². The number of hydrogen-bond acceptors (Lipinski definition) is 7. The van der Waals surface area contributed by atoms with Crippen LogP contribution in [0.4, 0.5) is 10.2 Å². The maximum atomic E-state index is 14.9. The van der Waals surface area contributed by atoms with Gasteiger partial charge in [0, 0.05) is 30.6 Å². The van der Waals surface area contributed by atoms with Crippen molar-refractivity contribution in [1.29, 1.82) is 0 Å². The average molecular weight is 527 g/mol. The van der Waals surface area contributed by atoms with Crippen LogP contribution in [0.3, 0.4) is 0 Å². The second-order valence-corrected chi connectivity index (χ2v) is 9.48. The maximum Gasteiger partial charge on any atom is 0.354 e. The summed E-state index contributed by atoms with van der Waals surface area (Å²) < 4.78 is 21.9. The normalized spacial score (nSPS) is 19.0. The second kappa shape index (κ2) is 9.20. The fourth-order valence-corrected chi connectivity index (χ4v) is 5.32. The number of benzene rings is 2. The molecule has 5 rings (SSSR count). The summed E-state index contributed by atoms with van der Waals surface area (Å²) >= 11 is 6.69. The number of carbonyl (C=O) groups is 1. The summed E-state index contributed by atoms with van der Waals surface area (Å²) in [6, 6.07) is 4.97. The van der Waals surface area contributed by atoms with E-state index in [2.05, 4.69) is 11.6 Å². The molecule has 0 spiro atoms. The molecule has 3 heterocycles. The molecule has 0 aliphatic carbocycles. The fraction of sp³-hybridized carbons (Fsp3) is 0.269. The van der Waals surface area contributed by atoms with E-state index in [-0.39, 0.29) is 56.9 Å². The van der Waals surface area contributed by atoms with Gasteiger partial charge in [0.15, 0.2) is 5.75 Å². The lowest BCUT2D eigenvalue weighted by Gasteiger charge is -2.44. The number of aliphatic hydroxyl groups excluding tert-OH is 1. The van der Waals surface area contributed by atoms with E-state index in [0.717, 1.165) is 0 Å². The van der Waals surface area contributed by atoms with Crippen molar-refractivity contribution in [3.8, 4) is 22.6 Å². The summed E-state index contributed by atoms with van der Waals surface area (Å²) in [7, 11) is 0. The molecule has 0 unspecified atom stereocenters. The zero-order valence-corrected chi connectivity index (χ0v) is 20.9. The molecule has 2 aromatic carbocycles. The van der Waals surface area contributed by atoms with Crippen molar-refractivity contribution in [2.75, 3.05) is 24.6 Å². The standard InChI is InChI=1S/C26H24ClFN4O5/c1-4-20(35)30-9-14(3)31(10-13(30)2)25-16-8-17(27)21(22-18(28)6-5-7-19(22)34)24-23(16)32(26(36)29-25)15(11-33)12-37-24/h4-8,12-14,33-34H,1,9-11H2,2-3H3/t13-,14+/m1/s1. The molecule has 37 heavy (non-hydrogen) atoms. The number of hydrogen-bond donors (Lipinski definition) is 2. The first-order valence-corrected chi connectivity index (χ1v) is 12.0. The number of piperazine rings is 1.